The Hall–Kier alpha value is -1.36. The first-order chi connectivity index (χ1) is 7.32. The van der Waals surface area contributed by atoms with Gasteiger partial charge in [0.15, 0.2) is 0 Å². The highest BCUT2D eigenvalue weighted by molar-refractivity contribution is 5.90. The number of aliphatic carboxylic acids is 1. The standard InChI is InChI=1S/C11H19NO4/c1-8(2)9(7-12(3)4)16-11(15)6-5-10(13)14/h5-6,8-9H,7H2,1-4H3,(H,13,14). The highest BCUT2D eigenvalue weighted by Gasteiger charge is 2.17. The Bertz CT molecular complexity index is 271. The molecule has 0 bridgehead atoms. The van der Waals surface area contributed by atoms with Gasteiger partial charge >= 0.3 is 11.9 Å². The number of nitrogens with zero attached hydrogens (tertiary/aromatic N) is 1. The topological polar surface area (TPSA) is 66.8 Å². The zero-order chi connectivity index (χ0) is 12.7. The molecular formula is C11H19NO4. The third kappa shape index (κ3) is 7.00. The van der Waals surface area contributed by atoms with E-state index >= 15 is 0 Å². The molecule has 1 N–H and O–H groups in total. The van der Waals surface area contributed by atoms with E-state index < -0.39 is 11.9 Å². The van der Waals surface area contributed by atoms with Gasteiger partial charge < -0.3 is 14.7 Å². The first-order valence-electron chi connectivity index (χ1n) is 5.09. The summed E-state index contributed by atoms with van der Waals surface area (Å²) >= 11 is 0. The summed E-state index contributed by atoms with van der Waals surface area (Å²) in [7, 11) is 3.77. The van der Waals surface area contributed by atoms with Crippen molar-refractivity contribution in [3.05, 3.63) is 12.2 Å². The molecule has 0 heterocycles. The molecule has 5 heteroatoms. The average molecular weight is 229 g/mol. The summed E-state index contributed by atoms with van der Waals surface area (Å²) < 4.78 is 5.14. The highest BCUT2D eigenvalue weighted by Crippen LogP contribution is 2.08. The smallest absolute Gasteiger partial charge is 0.331 e. The first kappa shape index (κ1) is 14.6. The van der Waals surface area contributed by atoms with Gasteiger partial charge in [0.05, 0.1) is 0 Å². The van der Waals surface area contributed by atoms with E-state index in [2.05, 4.69) is 0 Å². The maximum absolute atomic E-state index is 11.3. The summed E-state index contributed by atoms with van der Waals surface area (Å²) in [6, 6.07) is 0. The van der Waals surface area contributed by atoms with Crippen molar-refractivity contribution in [1.29, 1.82) is 0 Å². The van der Waals surface area contributed by atoms with Gasteiger partial charge in [0.25, 0.3) is 0 Å². The maximum atomic E-state index is 11.3. The van der Waals surface area contributed by atoms with Crippen molar-refractivity contribution in [2.24, 2.45) is 5.92 Å². The Balaban J connectivity index is 4.29. The fraction of sp³-hybridized carbons (Fsp3) is 0.636. The van der Waals surface area contributed by atoms with E-state index in [1.165, 1.54) is 0 Å². The summed E-state index contributed by atoms with van der Waals surface area (Å²) in [5.41, 5.74) is 0. The summed E-state index contributed by atoms with van der Waals surface area (Å²) in [6.45, 7) is 4.51. The van der Waals surface area contributed by atoms with Crippen LogP contribution in [0, 0.1) is 5.92 Å². The molecule has 5 nitrogen and oxygen atoms in total. The SMILES string of the molecule is CC(C)C(CN(C)C)OC(=O)C=CC(=O)O. The van der Waals surface area contributed by atoms with E-state index in [-0.39, 0.29) is 12.0 Å². The van der Waals surface area contributed by atoms with Crippen LogP contribution in [0.5, 0.6) is 0 Å². The number of hydrogen-bond acceptors (Lipinski definition) is 4. The van der Waals surface area contributed by atoms with Crippen molar-refractivity contribution in [3.63, 3.8) is 0 Å². The Labute approximate surface area is 95.7 Å². The van der Waals surface area contributed by atoms with E-state index in [9.17, 15) is 9.59 Å². The molecule has 92 valence electrons. The molecule has 0 spiro atoms. The Morgan fingerprint density at radius 2 is 1.88 bits per heavy atom. The molecule has 1 atom stereocenters. The van der Waals surface area contributed by atoms with Gasteiger partial charge in [-0.05, 0) is 20.0 Å². The fourth-order valence-corrected chi connectivity index (χ4v) is 1.07. The molecule has 0 rings (SSSR count). The van der Waals surface area contributed by atoms with Crippen LogP contribution in [-0.4, -0.2) is 48.7 Å². The lowest BCUT2D eigenvalue weighted by molar-refractivity contribution is -0.146. The predicted molar refractivity (Wildman–Crippen MR) is 60.0 cm³/mol. The van der Waals surface area contributed by atoms with E-state index in [0.29, 0.717) is 6.54 Å². The number of carbonyl (C=O) groups is 2. The lowest BCUT2D eigenvalue weighted by atomic mass is 10.1. The lowest BCUT2D eigenvalue weighted by Crippen LogP contribution is -2.34. The molecule has 0 aliphatic heterocycles. The molecule has 0 aromatic heterocycles. The molecule has 1 unspecified atom stereocenters. The van der Waals surface area contributed by atoms with E-state index in [4.69, 9.17) is 9.84 Å². The summed E-state index contributed by atoms with van der Waals surface area (Å²) in [4.78, 5) is 23.4. The minimum Gasteiger partial charge on any atom is -0.478 e. The summed E-state index contributed by atoms with van der Waals surface area (Å²) in [5, 5.41) is 8.35. The van der Waals surface area contributed by atoms with Crippen LogP contribution >= 0.6 is 0 Å². The minimum atomic E-state index is -1.16. The number of rotatable bonds is 6. The van der Waals surface area contributed by atoms with Crippen molar-refractivity contribution >= 4 is 11.9 Å². The third-order valence-electron chi connectivity index (χ3n) is 1.92. The molecule has 0 aliphatic carbocycles. The number of carbonyl (C=O) groups excluding carboxylic acids is 1. The van der Waals surface area contributed by atoms with Crippen LogP contribution in [0.3, 0.4) is 0 Å². The van der Waals surface area contributed by atoms with Gasteiger partial charge in [0.1, 0.15) is 6.10 Å². The van der Waals surface area contributed by atoms with Crippen molar-refractivity contribution in [2.45, 2.75) is 20.0 Å². The number of esters is 1. The van der Waals surface area contributed by atoms with E-state index in [1.54, 1.807) is 0 Å². The summed E-state index contributed by atoms with van der Waals surface area (Å²) in [6.07, 6.45) is 1.46. The van der Waals surface area contributed by atoms with Gasteiger partial charge in [-0.3, -0.25) is 0 Å². The number of hydrogen-bond donors (Lipinski definition) is 1. The molecule has 0 saturated carbocycles. The number of carboxylic acids is 1. The van der Waals surface area contributed by atoms with Crippen LogP contribution in [0.25, 0.3) is 0 Å². The second-order valence-electron chi connectivity index (χ2n) is 4.15. The van der Waals surface area contributed by atoms with Crippen LogP contribution in [0.4, 0.5) is 0 Å². The highest BCUT2D eigenvalue weighted by atomic mass is 16.5. The fourth-order valence-electron chi connectivity index (χ4n) is 1.07. The van der Waals surface area contributed by atoms with E-state index in [1.807, 2.05) is 32.8 Å². The Morgan fingerprint density at radius 1 is 1.31 bits per heavy atom. The molecule has 0 aliphatic rings. The van der Waals surface area contributed by atoms with Crippen molar-refractivity contribution in [2.75, 3.05) is 20.6 Å². The van der Waals surface area contributed by atoms with Crippen molar-refractivity contribution < 1.29 is 19.4 Å². The minimum absolute atomic E-state index is 0.185. The second kappa shape index (κ2) is 7.00. The zero-order valence-electron chi connectivity index (χ0n) is 10.1. The largest absolute Gasteiger partial charge is 0.478 e. The Morgan fingerprint density at radius 3 is 2.25 bits per heavy atom. The van der Waals surface area contributed by atoms with Gasteiger partial charge in [-0.25, -0.2) is 9.59 Å². The first-order valence-corrected chi connectivity index (χ1v) is 5.09. The van der Waals surface area contributed by atoms with Crippen LogP contribution in [0.1, 0.15) is 13.8 Å². The zero-order valence-corrected chi connectivity index (χ0v) is 10.1. The van der Waals surface area contributed by atoms with Crippen LogP contribution in [0.15, 0.2) is 12.2 Å². The molecule has 16 heavy (non-hydrogen) atoms. The number of carboxylic acid groups (broad SMARTS) is 1. The molecule has 0 radical (unpaired) electrons. The van der Waals surface area contributed by atoms with Gasteiger partial charge in [-0.15, -0.1) is 0 Å². The summed E-state index contributed by atoms with van der Waals surface area (Å²) in [5.74, 6) is -1.60. The van der Waals surface area contributed by atoms with Crippen molar-refractivity contribution in [3.8, 4) is 0 Å². The molecular weight excluding hydrogens is 210 g/mol. The second-order valence-corrected chi connectivity index (χ2v) is 4.15. The molecule has 0 amide bonds. The van der Waals surface area contributed by atoms with Crippen LogP contribution in [-0.2, 0) is 14.3 Å². The van der Waals surface area contributed by atoms with Crippen molar-refractivity contribution in [1.82, 2.24) is 4.90 Å². The maximum Gasteiger partial charge on any atom is 0.331 e. The molecule has 0 fully saturated rings. The van der Waals surface area contributed by atoms with Gasteiger partial charge in [0.2, 0.25) is 0 Å². The third-order valence-corrected chi connectivity index (χ3v) is 1.92. The van der Waals surface area contributed by atoms with Crippen LogP contribution in [0.2, 0.25) is 0 Å². The van der Waals surface area contributed by atoms with Crippen LogP contribution < -0.4 is 0 Å². The van der Waals surface area contributed by atoms with Gasteiger partial charge in [-0.2, -0.15) is 0 Å². The lowest BCUT2D eigenvalue weighted by Gasteiger charge is -2.23. The van der Waals surface area contributed by atoms with E-state index in [0.717, 1.165) is 12.2 Å². The quantitative estimate of drug-likeness (QED) is 0.538. The molecule has 0 aromatic rings. The predicted octanol–water partition coefficient (Wildman–Crippen LogP) is 0.757. The number of ether oxygens (including phenoxy) is 1. The molecule has 0 saturated heterocycles. The molecule has 0 aromatic carbocycles. The van der Waals surface area contributed by atoms with Gasteiger partial charge in [0, 0.05) is 18.7 Å². The Kier molecular flexibility index (Phi) is 6.41. The average Bonchev–Trinajstić information content (AvgIpc) is 2.12. The number of likely N-dealkylation sites (N-methyl/N-ethyl adjacent to an activating group) is 1. The van der Waals surface area contributed by atoms with Gasteiger partial charge in [-0.1, -0.05) is 13.8 Å². The normalized spacial score (nSPS) is 13.4. The monoisotopic (exact) mass is 229 g/mol.